The van der Waals surface area contributed by atoms with Gasteiger partial charge in [0.25, 0.3) is 0 Å². The third kappa shape index (κ3) is 3.31. The van der Waals surface area contributed by atoms with Crippen LogP contribution in [0.15, 0.2) is 113 Å². The number of para-hydroxylation sites is 1. The second kappa shape index (κ2) is 7.59. The summed E-state index contributed by atoms with van der Waals surface area (Å²) in [6, 6.07) is 32.7. The van der Waals surface area contributed by atoms with Crippen molar-refractivity contribution in [1.82, 2.24) is 5.43 Å². The highest BCUT2D eigenvalue weighted by molar-refractivity contribution is 6.69. The van der Waals surface area contributed by atoms with E-state index in [2.05, 4.69) is 53.0 Å². The van der Waals surface area contributed by atoms with Gasteiger partial charge < -0.3 is 4.42 Å². The zero-order valence-corrected chi connectivity index (χ0v) is 17.8. The van der Waals surface area contributed by atoms with Gasteiger partial charge in [-0.25, -0.2) is 0 Å². The number of halogens is 1. The molecule has 6 rings (SSSR count). The predicted molar refractivity (Wildman–Crippen MR) is 132 cm³/mol. The predicted octanol–water partition coefficient (Wildman–Crippen LogP) is 7.17. The highest BCUT2D eigenvalue weighted by Gasteiger charge is 2.17. The second-order valence-electron chi connectivity index (χ2n) is 7.63. The van der Waals surface area contributed by atoms with E-state index in [1.807, 2.05) is 60.7 Å². The molecule has 32 heavy (non-hydrogen) atoms. The number of anilines is 1. The Morgan fingerprint density at radius 2 is 1.38 bits per heavy atom. The fourth-order valence-electron chi connectivity index (χ4n) is 4.00. The Kier molecular flexibility index (Phi) is 4.44. The standard InChI is InChI=1S/C27H18ClN3O/c28-27-17-24(20-12-15-23-22-8-4-5-9-25(22)32-26(23)16-20)29-31(30-27)21-13-10-19(11-14-21)18-6-2-1-3-7-18/h1-17,29H. The third-order valence-corrected chi connectivity index (χ3v) is 5.78. The van der Waals surface area contributed by atoms with E-state index in [1.54, 1.807) is 5.12 Å². The summed E-state index contributed by atoms with van der Waals surface area (Å²) in [5.74, 6) is 0. The topological polar surface area (TPSA) is 40.8 Å². The Morgan fingerprint density at radius 3 is 2.22 bits per heavy atom. The quantitative estimate of drug-likeness (QED) is 0.326. The number of benzene rings is 4. The van der Waals surface area contributed by atoms with E-state index in [4.69, 9.17) is 16.0 Å². The molecule has 0 saturated heterocycles. The number of nitrogens with one attached hydrogen (secondary N) is 1. The largest absolute Gasteiger partial charge is 0.456 e. The lowest BCUT2D eigenvalue weighted by molar-refractivity contribution is 0.668. The Labute approximate surface area is 190 Å². The van der Waals surface area contributed by atoms with Crippen LogP contribution in [0.3, 0.4) is 0 Å². The SMILES string of the molecule is ClC1=NN(c2ccc(-c3ccccc3)cc2)NC(c2ccc3c(c2)oc2ccccc23)=C1. The minimum Gasteiger partial charge on any atom is -0.456 e. The van der Waals surface area contributed by atoms with Crippen molar-refractivity contribution in [3.05, 3.63) is 109 Å². The van der Waals surface area contributed by atoms with Crippen LogP contribution < -0.4 is 10.5 Å². The molecule has 154 valence electrons. The summed E-state index contributed by atoms with van der Waals surface area (Å²) in [6.07, 6.45) is 1.82. The maximum atomic E-state index is 6.38. The molecule has 0 bridgehead atoms. The molecular weight excluding hydrogens is 418 g/mol. The Balaban J connectivity index is 1.31. The van der Waals surface area contributed by atoms with Crippen molar-refractivity contribution in [2.24, 2.45) is 5.10 Å². The minimum atomic E-state index is 0.399. The van der Waals surface area contributed by atoms with Crippen molar-refractivity contribution in [3.63, 3.8) is 0 Å². The molecule has 0 saturated carbocycles. The van der Waals surface area contributed by atoms with Crippen LogP contribution in [0.25, 0.3) is 38.8 Å². The van der Waals surface area contributed by atoms with E-state index < -0.39 is 0 Å². The van der Waals surface area contributed by atoms with Crippen molar-refractivity contribution in [3.8, 4) is 11.1 Å². The first kappa shape index (κ1) is 18.7. The number of hydrogen-bond acceptors (Lipinski definition) is 4. The third-order valence-electron chi connectivity index (χ3n) is 5.59. The van der Waals surface area contributed by atoms with Crippen LogP contribution in [0.1, 0.15) is 5.56 Å². The van der Waals surface area contributed by atoms with Crippen LogP contribution in [0, 0.1) is 0 Å². The van der Waals surface area contributed by atoms with Crippen molar-refractivity contribution in [1.29, 1.82) is 0 Å². The van der Waals surface area contributed by atoms with Gasteiger partial charge in [-0.3, -0.25) is 5.43 Å². The zero-order chi connectivity index (χ0) is 21.5. The molecule has 1 aromatic heterocycles. The summed E-state index contributed by atoms with van der Waals surface area (Å²) in [6.45, 7) is 0. The van der Waals surface area contributed by atoms with Gasteiger partial charge in [-0.2, -0.15) is 5.12 Å². The first-order chi connectivity index (χ1) is 15.7. The number of furan rings is 1. The molecule has 0 fully saturated rings. The highest BCUT2D eigenvalue weighted by atomic mass is 35.5. The maximum absolute atomic E-state index is 6.38. The van der Waals surface area contributed by atoms with Crippen molar-refractivity contribution < 1.29 is 4.42 Å². The summed E-state index contributed by atoms with van der Waals surface area (Å²) in [4.78, 5) is 0. The molecule has 5 aromatic rings. The van der Waals surface area contributed by atoms with Crippen LogP contribution in [0.2, 0.25) is 0 Å². The van der Waals surface area contributed by atoms with Gasteiger partial charge in [-0.05, 0) is 41.5 Å². The molecular formula is C27H18ClN3O. The zero-order valence-electron chi connectivity index (χ0n) is 17.0. The van der Waals surface area contributed by atoms with Gasteiger partial charge in [0.2, 0.25) is 0 Å². The fourth-order valence-corrected chi connectivity index (χ4v) is 4.19. The molecule has 4 aromatic carbocycles. The Bertz CT molecular complexity index is 1500. The molecule has 1 N–H and O–H groups in total. The number of hydrazine groups is 1. The molecule has 5 heteroatoms. The van der Waals surface area contributed by atoms with Crippen molar-refractivity contribution in [2.75, 3.05) is 5.12 Å². The van der Waals surface area contributed by atoms with E-state index >= 15 is 0 Å². The smallest absolute Gasteiger partial charge is 0.153 e. The van der Waals surface area contributed by atoms with Gasteiger partial charge >= 0.3 is 0 Å². The van der Waals surface area contributed by atoms with Crippen molar-refractivity contribution in [2.45, 2.75) is 0 Å². The van der Waals surface area contributed by atoms with Crippen LogP contribution in [-0.2, 0) is 0 Å². The van der Waals surface area contributed by atoms with Crippen LogP contribution in [0.4, 0.5) is 5.69 Å². The van der Waals surface area contributed by atoms with Crippen LogP contribution >= 0.6 is 11.6 Å². The minimum absolute atomic E-state index is 0.399. The van der Waals surface area contributed by atoms with Gasteiger partial charge in [-0.1, -0.05) is 78.3 Å². The van der Waals surface area contributed by atoms with E-state index in [9.17, 15) is 0 Å². The molecule has 0 amide bonds. The lowest BCUT2D eigenvalue weighted by Gasteiger charge is -2.26. The highest BCUT2D eigenvalue weighted by Crippen LogP contribution is 2.31. The summed E-state index contributed by atoms with van der Waals surface area (Å²) in [5, 5.41) is 8.72. The second-order valence-corrected chi connectivity index (χ2v) is 8.01. The Morgan fingerprint density at radius 1 is 0.688 bits per heavy atom. The van der Waals surface area contributed by atoms with E-state index in [0.717, 1.165) is 44.4 Å². The average molecular weight is 436 g/mol. The fraction of sp³-hybridized carbons (Fsp3) is 0. The molecule has 1 aliphatic heterocycles. The number of rotatable bonds is 3. The number of fused-ring (bicyclic) bond motifs is 3. The summed E-state index contributed by atoms with van der Waals surface area (Å²) in [7, 11) is 0. The number of nitrogens with zero attached hydrogens (tertiary/aromatic N) is 2. The number of allylic oxidation sites excluding steroid dienone is 1. The van der Waals surface area contributed by atoms with E-state index in [1.165, 1.54) is 5.56 Å². The van der Waals surface area contributed by atoms with Gasteiger partial charge in [0.1, 0.15) is 11.2 Å². The van der Waals surface area contributed by atoms with Gasteiger partial charge in [-0.15, -0.1) is 5.10 Å². The van der Waals surface area contributed by atoms with Gasteiger partial charge in [0.15, 0.2) is 5.17 Å². The molecule has 0 atom stereocenters. The average Bonchev–Trinajstić information content (AvgIpc) is 3.22. The lowest BCUT2D eigenvalue weighted by atomic mass is 10.1. The first-order valence-corrected chi connectivity index (χ1v) is 10.7. The van der Waals surface area contributed by atoms with E-state index in [0.29, 0.717) is 5.17 Å². The van der Waals surface area contributed by atoms with Crippen LogP contribution in [-0.4, -0.2) is 5.17 Å². The molecule has 0 aliphatic carbocycles. The van der Waals surface area contributed by atoms with E-state index in [-0.39, 0.29) is 0 Å². The molecule has 4 nitrogen and oxygen atoms in total. The molecule has 1 aliphatic rings. The van der Waals surface area contributed by atoms with Gasteiger partial charge in [0, 0.05) is 22.4 Å². The summed E-state index contributed by atoms with van der Waals surface area (Å²) in [5.41, 5.74) is 10.1. The maximum Gasteiger partial charge on any atom is 0.153 e. The molecule has 0 radical (unpaired) electrons. The summed E-state index contributed by atoms with van der Waals surface area (Å²) >= 11 is 6.38. The normalized spacial score (nSPS) is 13.7. The molecule has 2 heterocycles. The Hall–Kier alpha value is -4.02. The lowest BCUT2D eigenvalue weighted by Crippen LogP contribution is -2.35. The molecule has 0 unspecified atom stereocenters. The number of hydrazone groups is 1. The van der Waals surface area contributed by atoms with Crippen LogP contribution in [0.5, 0.6) is 0 Å². The first-order valence-electron chi connectivity index (χ1n) is 10.3. The van der Waals surface area contributed by atoms with Crippen molar-refractivity contribution >= 4 is 50.1 Å². The summed E-state index contributed by atoms with van der Waals surface area (Å²) < 4.78 is 6.05. The van der Waals surface area contributed by atoms with Gasteiger partial charge in [0.05, 0.1) is 11.4 Å². The number of hydrogen-bond donors (Lipinski definition) is 1. The molecule has 0 spiro atoms. The monoisotopic (exact) mass is 435 g/mol.